The van der Waals surface area contributed by atoms with Crippen molar-refractivity contribution in [2.24, 2.45) is 0 Å². The van der Waals surface area contributed by atoms with Crippen molar-refractivity contribution in [3.63, 3.8) is 0 Å². The number of anilines is 2. The maximum Gasteiger partial charge on any atom is 0.227 e. The number of hydrogen-bond donors (Lipinski definition) is 2. The van der Waals surface area contributed by atoms with Crippen LogP contribution >= 0.6 is 0 Å². The minimum atomic E-state index is -0.310. The molecule has 32 heavy (non-hydrogen) atoms. The molecular formula is C25H35FN4O2. The molecule has 1 aliphatic heterocycles. The summed E-state index contributed by atoms with van der Waals surface area (Å²) >= 11 is 0. The van der Waals surface area contributed by atoms with Crippen molar-refractivity contribution in [2.45, 2.75) is 65.0 Å². The maximum absolute atomic E-state index is 14.8. The van der Waals surface area contributed by atoms with Gasteiger partial charge in [0.05, 0.1) is 18.2 Å². The molecule has 6 nitrogen and oxygen atoms in total. The van der Waals surface area contributed by atoms with Crippen LogP contribution < -0.4 is 20.3 Å². The predicted molar refractivity (Wildman–Crippen MR) is 127 cm³/mol. The number of benzene rings is 1. The van der Waals surface area contributed by atoms with Crippen LogP contribution in [0.1, 0.15) is 58.4 Å². The van der Waals surface area contributed by atoms with Gasteiger partial charge in [0.25, 0.3) is 0 Å². The highest BCUT2D eigenvalue weighted by molar-refractivity contribution is 5.83. The fraction of sp³-hybridized carbons (Fsp3) is 0.520. The Balaban J connectivity index is 1.57. The van der Waals surface area contributed by atoms with Crippen LogP contribution in [0.5, 0.6) is 5.75 Å². The predicted octanol–water partition coefficient (Wildman–Crippen LogP) is 4.72. The van der Waals surface area contributed by atoms with E-state index in [0.29, 0.717) is 24.6 Å². The van der Waals surface area contributed by atoms with Gasteiger partial charge in [0, 0.05) is 31.7 Å². The normalized spacial score (nSPS) is 17.7. The van der Waals surface area contributed by atoms with Gasteiger partial charge in [-0.2, -0.15) is 0 Å². The zero-order valence-electron chi connectivity index (χ0n) is 19.5. The Bertz CT molecular complexity index is 890. The van der Waals surface area contributed by atoms with E-state index in [-0.39, 0.29) is 29.8 Å². The molecule has 0 spiro atoms. The van der Waals surface area contributed by atoms with Gasteiger partial charge in [-0.05, 0) is 50.5 Å². The van der Waals surface area contributed by atoms with Crippen LogP contribution in [0.3, 0.4) is 0 Å². The number of halogens is 1. The Morgan fingerprint density at radius 3 is 2.69 bits per heavy atom. The van der Waals surface area contributed by atoms with E-state index in [0.717, 1.165) is 37.1 Å². The number of carbonyl (C=O) groups is 1. The standard InChI is InChI=1S/C25H35FN4O2/c1-5-13-27-24-23(26)22(11-14-28-24)30-15-12-21(16-30)32-20-9-7-19(8-10-20)18(4)25(31)29-17(3)6-2/h7-11,14,17-18,21H,5-6,12-13,15-16H2,1-4H3,(H,27,28)(H,29,31). The summed E-state index contributed by atoms with van der Waals surface area (Å²) < 4.78 is 21.0. The molecular weight excluding hydrogens is 407 g/mol. The van der Waals surface area contributed by atoms with Gasteiger partial charge in [0.15, 0.2) is 11.6 Å². The number of aromatic nitrogens is 1. The quantitative estimate of drug-likeness (QED) is 0.557. The molecule has 0 radical (unpaired) electrons. The van der Waals surface area contributed by atoms with Crippen LogP contribution in [0.15, 0.2) is 36.5 Å². The number of carbonyl (C=O) groups excluding carboxylic acids is 1. The zero-order chi connectivity index (χ0) is 23.1. The van der Waals surface area contributed by atoms with E-state index >= 15 is 0 Å². The second-order valence-electron chi connectivity index (χ2n) is 8.50. The van der Waals surface area contributed by atoms with E-state index in [1.165, 1.54) is 0 Å². The Kier molecular flexibility index (Phi) is 8.31. The van der Waals surface area contributed by atoms with E-state index in [9.17, 15) is 9.18 Å². The van der Waals surface area contributed by atoms with E-state index in [1.54, 1.807) is 12.3 Å². The number of nitrogens with zero attached hydrogens (tertiary/aromatic N) is 2. The highest BCUT2D eigenvalue weighted by Gasteiger charge is 2.27. The van der Waals surface area contributed by atoms with E-state index in [4.69, 9.17) is 4.74 Å². The highest BCUT2D eigenvalue weighted by Crippen LogP contribution is 2.29. The molecule has 2 aromatic rings. The van der Waals surface area contributed by atoms with Gasteiger partial charge < -0.3 is 20.3 Å². The van der Waals surface area contributed by atoms with Crippen molar-refractivity contribution in [3.8, 4) is 5.75 Å². The third kappa shape index (κ3) is 5.90. The number of ether oxygens (including phenoxy) is 1. The van der Waals surface area contributed by atoms with Crippen LogP contribution in [-0.2, 0) is 4.79 Å². The molecule has 3 unspecified atom stereocenters. The van der Waals surface area contributed by atoms with Crippen LogP contribution in [0.4, 0.5) is 15.9 Å². The van der Waals surface area contributed by atoms with Crippen LogP contribution in [0.25, 0.3) is 0 Å². The number of pyridine rings is 1. The highest BCUT2D eigenvalue weighted by atomic mass is 19.1. The first-order chi connectivity index (χ1) is 15.4. The smallest absolute Gasteiger partial charge is 0.227 e. The molecule has 3 atom stereocenters. The third-order valence-corrected chi connectivity index (χ3v) is 5.97. The maximum atomic E-state index is 14.8. The monoisotopic (exact) mass is 442 g/mol. The molecule has 0 saturated carbocycles. The summed E-state index contributed by atoms with van der Waals surface area (Å²) in [5, 5.41) is 6.07. The van der Waals surface area contributed by atoms with Crippen molar-refractivity contribution in [3.05, 3.63) is 47.9 Å². The fourth-order valence-corrected chi connectivity index (χ4v) is 3.74. The first kappa shape index (κ1) is 23.8. The van der Waals surface area contributed by atoms with Gasteiger partial charge in [-0.25, -0.2) is 9.37 Å². The molecule has 0 bridgehead atoms. The molecule has 2 N–H and O–H groups in total. The van der Waals surface area contributed by atoms with Gasteiger partial charge in [-0.1, -0.05) is 26.0 Å². The van der Waals surface area contributed by atoms with E-state index in [2.05, 4.69) is 22.5 Å². The number of amides is 1. The van der Waals surface area contributed by atoms with Gasteiger partial charge >= 0.3 is 0 Å². The van der Waals surface area contributed by atoms with Crippen molar-refractivity contribution in [1.29, 1.82) is 0 Å². The number of nitrogens with one attached hydrogen (secondary N) is 2. The fourth-order valence-electron chi connectivity index (χ4n) is 3.74. The summed E-state index contributed by atoms with van der Waals surface area (Å²) in [6.07, 6.45) is 4.25. The molecule has 1 fully saturated rings. The average molecular weight is 443 g/mol. The summed E-state index contributed by atoms with van der Waals surface area (Å²) in [6, 6.07) is 9.58. The molecule has 1 saturated heterocycles. The summed E-state index contributed by atoms with van der Waals surface area (Å²) in [5.74, 6) is 0.568. The Morgan fingerprint density at radius 2 is 2.00 bits per heavy atom. The lowest BCUT2D eigenvalue weighted by molar-refractivity contribution is -0.122. The second-order valence-corrected chi connectivity index (χ2v) is 8.50. The van der Waals surface area contributed by atoms with Crippen LogP contribution in [0.2, 0.25) is 0 Å². The van der Waals surface area contributed by atoms with Crippen molar-refractivity contribution in [1.82, 2.24) is 10.3 Å². The Labute approximate surface area is 190 Å². The first-order valence-corrected chi connectivity index (χ1v) is 11.6. The lowest BCUT2D eigenvalue weighted by Crippen LogP contribution is -2.35. The van der Waals surface area contributed by atoms with Gasteiger partial charge in [0.2, 0.25) is 5.91 Å². The van der Waals surface area contributed by atoms with Crippen molar-refractivity contribution in [2.75, 3.05) is 29.9 Å². The molecule has 1 aromatic carbocycles. The summed E-state index contributed by atoms with van der Waals surface area (Å²) in [7, 11) is 0. The lowest BCUT2D eigenvalue weighted by Gasteiger charge is -2.21. The van der Waals surface area contributed by atoms with Crippen LogP contribution in [-0.4, -0.2) is 42.7 Å². The topological polar surface area (TPSA) is 66.5 Å². The van der Waals surface area contributed by atoms with Crippen LogP contribution in [0, 0.1) is 5.82 Å². The minimum absolute atomic E-state index is 0.0217. The Morgan fingerprint density at radius 1 is 1.25 bits per heavy atom. The second kappa shape index (κ2) is 11.2. The summed E-state index contributed by atoms with van der Waals surface area (Å²) in [5.41, 5.74) is 1.51. The van der Waals surface area contributed by atoms with Gasteiger partial charge in [0.1, 0.15) is 11.9 Å². The first-order valence-electron chi connectivity index (χ1n) is 11.6. The van der Waals surface area contributed by atoms with Crippen molar-refractivity contribution < 1.29 is 13.9 Å². The van der Waals surface area contributed by atoms with Gasteiger partial charge in [-0.15, -0.1) is 0 Å². The third-order valence-electron chi connectivity index (χ3n) is 5.97. The number of rotatable bonds is 10. The van der Waals surface area contributed by atoms with E-state index in [1.807, 2.05) is 49.9 Å². The SMILES string of the molecule is CCCNc1nccc(N2CCC(Oc3ccc(C(C)C(=O)NC(C)CC)cc3)C2)c1F. The molecule has 1 aliphatic rings. The van der Waals surface area contributed by atoms with Crippen molar-refractivity contribution >= 4 is 17.4 Å². The molecule has 1 amide bonds. The molecule has 7 heteroatoms. The molecule has 3 rings (SSSR count). The number of hydrogen-bond acceptors (Lipinski definition) is 5. The zero-order valence-corrected chi connectivity index (χ0v) is 19.5. The molecule has 1 aromatic heterocycles. The minimum Gasteiger partial charge on any atom is -0.489 e. The lowest BCUT2D eigenvalue weighted by atomic mass is 10.00. The average Bonchev–Trinajstić information content (AvgIpc) is 3.26. The van der Waals surface area contributed by atoms with Gasteiger partial charge in [-0.3, -0.25) is 4.79 Å². The summed E-state index contributed by atoms with van der Waals surface area (Å²) in [4.78, 5) is 18.5. The molecule has 174 valence electrons. The molecule has 0 aliphatic carbocycles. The summed E-state index contributed by atoms with van der Waals surface area (Å²) in [6.45, 7) is 10.0. The molecule has 2 heterocycles. The Hall–Kier alpha value is -2.83. The largest absolute Gasteiger partial charge is 0.489 e. The van der Waals surface area contributed by atoms with E-state index < -0.39 is 0 Å².